The summed E-state index contributed by atoms with van der Waals surface area (Å²) in [6.07, 6.45) is 4.68. The van der Waals surface area contributed by atoms with E-state index in [9.17, 15) is 9.90 Å². The fraction of sp³-hybridized carbons (Fsp3) is 0.667. The van der Waals surface area contributed by atoms with Crippen LogP contribution in [-0.4, -0.2) is 17.0 Å². The third-order valence-corrected chi connectivity index (χ3v) is 3.50. The summed E-state index contributed by atoms with van der Waals surface area (Å²) in [5.41, 5.74) is 0. The first-order chi connectivity index (χ1) is 5.29. The van der Waals surface area contributed by atoms with Crippen LogP contribution in [0.2, 0.25) is 0 Å². The minimum absolute atomic E-state index is 0.0231. The molecule has 0 heterocycles. The van der Waals surface area contributed by atoms with Crippen molar-refractivity contribution in [3.05, 3.63) is 12.2 Å². The normalized spacial score (nSPS) is 57.9. The van der Waals surface area contributed by atoms with Crippen LogP contribution in [0.25, 0.3) is 0 Å². The molecule has 2 heteroatoms. The van der Waals surface area contributed by atoms with E-state index in [-0.39, 0.29) is 29.6 Å². The van der Waals surface area contributed by atoms with E-state index >= 15 is 0 Å². The molecule has 5 atom stereocenters. The molecule has 0 aromatic rings. The average Bonchev–Trinajstić information content (AvgIpc) is 2.52. The van der Waals surface area contributed by atoms with Crippen molar-refractivity contribution in [2.45, 2.75) is 12.5 Å². The van der Waals surface area contributed by atoms with Crippen molar-refractivity contribution in [2.75, 3.05) is 0 Å². The molecule has 0 amide bonds. The number of rotatable bonds is 0. The number of carbonyl (C=O) groups excluding carboxylic acids is 1. The summed E-state index contributed by atoms with van der Waals surface area (Å²) < 4.78 is 0. The lowest BCUT2D eigenvalue weighted by Gasteiger charge is -2.16. The first kappa shape index (κ1) is 5.95. The fourth-order valence-electron chi connectivity index (χ4n) is 3.00. The van der Waals surface area contributed by atoms with Gasteiger partial charge in [-0.15, -0.1) is 0 Å². The van der Waals surface area contributed by atoms with Gasteiger partial charge in [0.15, 0.2) is 0 Å². The number of hydrogen-bond acceptors (Lipinski definition) is 2. The Balaban J connectivity index is 2.13. The SMILES string of the molecule is O=C1[C@H]2C[C@H]3C=C[C@@H]1C3C2O. The lowest BCUT2D eigenvalue weighted by atomic mass is 9.86. The van der Waals surface area contributed by atoms with E-state index in [0.717, 1.165) is 6.42 Å². The van der Waals surface area contributed by atoms with E-state index in [1.807, 2.05) is 6.08 Å². The lowest BCUT2D eigenvalue weighted by Crippen LogP contribution is -2.20. The summed E-state index contributed by atoms with van der Waals surface area (Å²) in [7, 11) is 0. The van der Waals surface area contributed by atoms with Crippen LogP contribution in [0.5, 0.6) is 0 Å². The highest BCUT2D eigenvalue weighted by Crippen LogP contribution is 2.54. The molecule has 2 fully saturated rings. The summed E-state index contributed by atoms with van der Waals surface area (Å²) in [6.45, 7) is 0. The second-order valence-corrected chi connectivity index (χ2v) is 3.89. The minimum atomic E-state index is -0.326. The lowest BCUT2D eigenvalue weighted by molar-refractivity contribution is -0.124. The summed E-state index contributed by atoms with van der Waals surface area (Å²) >= 11 is 0. The van der Waals surface area contributed by atoms with Gasteiger partial charge in [0.05, 0.1) is 6.10 Å². The second-order valence-electron chi connectivity index (χ2n) is 3.89. The Morgan fingerprint density at radius 2 is 2.27 bits per heavy atom. The molecule has 2 bridgehead atoms. The predicted molar refractivity (Wildman–Crippen MR) is 38.7 cm³/mol. The summed E-state index contributed by atoms with van der Waals surface area (Å²) in [4.78, 5) is 11.4. The third kappa shape index (κ3) is 0.486. The molecule has 0 spiro atoms. The molecule has 3 rings (SSSR count). The maximum atomic E-state index is 11.4. The van der Waals surface area contributed by atoms with Crippen LogP contribution < -0.4 is 0 Å². The average molecular weight is 150 g/mol. The Hall–Kier alpha value is -0.630. The van der Waals surface area contributed by atoms with Crippen LogP contribution in [0.15, 0.2) is 12.2 Å². The quantitative estimate of drug-likeness (QED) is 0.506. The molecule has 58 valence electrons. The molecular weight excluding hydrogens is 140 g/mol. The topological polar surface area (TPSA) is 37.3 Å². The van der Waals surface area contributed by atoms with E-state index in [2.05, 4.69) is 6.08 Å². The van der Waals surface area contributed by atoms with E-state index < -0.39 is 0 Å². The molecule has 2 unspecified atom stereocenters. The van der Waals surface area contributed by atoms with Gasteiger partial charge in [-0.25, -0.2) is 0 Å². The predicted octanol–water partition coefficient (Wildman–Crippen LogP) is 0.368. The number of fused-ring (bicyclic) bond motifs is 1. The van der Waals surface area contributed by atoms with Gasteiger partial charge >= 0.3 is 0 Å². The van der Waals surface area contributed by atoms with Crippen molar-refractivity contribution in [1.82, 2.24) is 0 Å². The van der Waals surface area contributed by atoms with Crippen molar-refractivity contribution in [3.8, 4) is 0 Å². The van der Waals surface area contributed by atoms with Gasteiger partial charge in [-0.05, 0) is 12.3 Å². The van der Waals surface area contributed by atoms with Gasteiger partial charge < -0.3 is 5.11 Å². The monoisotopic (exact) mass is 150 g/mol. The number of ketones is 1. The van der Waals surface area contributed by atoms with Crippen LogP contribution >= 0.6 is 0 Å². The smallest absolute Gasteiger partial charge is 0.145 e. The number of allylic oxidation sites excluding steroid dienone is 2. The molecule has 0 saturated heterocycles. The Morgan fingerprint density at radius 1 is 1.45 bits per heavy atom. The summed E-state index contributed by atoms with van der Waals surface area (Å²) in [5, 5.41) is 9.62. The van der Waals surface area contributed by atoms with Crippen molar-refractivity contribution in [1.29, 1.82) is 0 Å². The molecule has 0 aliphatic heterocycles. The molecule has 11 heavy (non-hydrogen) atoms. The molecule has 1 N–H and O–H groups in total. The zero-order chi connectivity index (χ0) is 7.59. The van der Waals surface area contributed by atoms with Crippen LogP contribution in [0.3, 0.4) is 0 Å². The van der Waals surface area contributed by atoms with Gasteiger partial charge in [-0.2, -0.15) is 0 Å². The van der Waals surface area contributed by atoms with Gasteiger partial charge in [0.1, 0.15) is 5.78 Å². The molecule has 0 radical (unpaired) electrons. The number of aliphatic hydroxyl groups excluding tert-OH is 1. The molecule has 3 aliphatic rings. The highest BCUT2D eigenvalue weighted by atomic mass is 16.3. The number of aliphatic hydroxyl groups is 1. The minimum Gasteiger partial charge on any atom is -0.392 e. The first-order valence-corrected chi connectivity index (χ1v) is 4.19. The van der Waals surface area contributed by atoms with Crippen LogP contribution in [0.4, 0.5) is 0 Å². The van der Waals surface area contributed by atoms with Crippen LogP contribution in [0.1, 0.15) is 6.42 Å². The zero-order valence-corrected chi connectivity index (χ0v) is 6.10. The third-order valence-electron chi connectivity index (χ3n) is 3.50. The molecule has 0 aromatic carbocycles. The second kappa shape index (κ2) is 1.58. The Bertz CT molecular complexity index is 256. The van der Waals surface area contributed by atoms with Gasteiger partial charge in [-0.1, -0.05) is 12.2 Å². The number of carbonyl (C=O) groups is 1. The number of Topliss-reactive ketones (excluding diaryl/α,β-unsaturated/α-hetero) is 1. The summed E-state index contributed by atoms with van der Waals surface area (Å²) in [5.74, 6) is 1.11. The first-order valence-electron chi connectivity index (χ1n) is 4.19. The largest absolute Gasteiger partial charge is 0.392 e. The van der Waals surface area contributed by atoms with Crippen molar-refractivity contribution in [2.24, 2.45) is 23.7 Å². The highest BCUT2D eigenvalue weighted by molar-refractivity contribution is 5.90. The summed E-state index contributed by atoms with van der Waals surface area (Å²) in [6, 6.07) is 0. The Morgan fingerprint density at radius 3 is 2.91 bits per heavy atom. The molecular formula is C9H10O2. The van der Waals surface area contributed by atoms with Crippen LogP contribution in [0, 0.1) is 23.7 Å². The van der Waals surface area contributed by atoms with E-state index in [1.165, 1.54) is 0 Å². The standard InChI is InChI=1S/C9H10O2/c10-8-5-2-1-4-3-6(8)9(11)7(4)5/h1-2,4-7,9,11H,3H2/t4-,5-,6-,7?,9?/m1/s1. The van der Waals surface area contributed by atoms with Gasteiger partial charge in [0, 0.05) is 17.8 Å². The molecule has 3 aliphatic carbocycles. The molecule has 0 aromatic heterocycles. The van der Waals surface area contributed by atoms with Gasteiger partial charge in [0.25, 0.3) is 0 Å². The fourth-order valence-corrected chi connectivity index (χ4v) is 3.00. The van der Waals surface area contributed by atoms with E-state index in [0.29, 0.717) is 5.92 Å². The van der Waals surface area contributed by atoms with Crippen molar-refractivity contribution >= 4 is 5.78 Å². The zero-order valence-electron chi connectivity index (χ0n) is 6.10. The van der Waals surface area contributed by atoms with Crippen molar-refractivity contribution < 1.29 is 9.90 Å². The molecule has 2 nitrogen and oxygen atoms in total. The highest BCUT2D eigenvalue weighted by Gasteiger charge is 2.59. The maximum Gasteiger partial charge on any atom is 0.145 e. The van der Waals surface area contributed by atoms with Crippen LogP contribution in [-0.2, 0) is 4.79 Å². The Labute approximate surface area is 64.9 Å². The molecule has 2 saturated carbocycles. The van der Waals surface area contributed by atoms with Gasteiger partial charge in [-0.3, -0.25) is 4.79 Å². The maximum absolute atomic E-state index is 11.4. The number of hydrogen-bond donors (Lipinski definition) is 1. The van der Waals surface area contributed by atoms with Crippen molar-refractivity contribution in [3.63, 3.8) is 0 Å². The van der Waals surface area contributed by atoms with E-state index in [4.69, 9.17) is 0 Å². The Kier molecular flexibility index (Phi) is 0.856. The van der Waals surface area contributed by atoms with E-state index in [1.54, 1.807) is 0 Å². The van der Waals surface area contributed by atoms with Gasteiger partial charge in [0.2, 0.25) is 0 Å².